The van der Waals surface area contributed by atoms with Gasteiger partial charge in [-0.1, -0.05) is 38.1 Å². The first-order chi connectivity index (χ1) is 9.15. The van der Waals surface area contributed by atoms with Gasteiger partial charge in [0.15, 0.2) is 0 Å². The van der Waals surface area contributed by atoms with Crippen molar-refractivity contribution in [3.63, 3.8) is 0 Å². The van der Waals surface area contributed by atoms with Crippen LogP contribution in [0.25, 0.3) is 10.4 Å². The summed E-state index contributed by atoms with van der Waals surface area (Å²) >= 11 is 1.85. The molecular formula is C17H21NS. The standard InChI is InChI=1S/C17H21NS/c1-11(2)12-3-5-13(6-4-12)15-9-10-16(19-15)17(18)14-7-8-14/h3-6,9-11,14,17H,7-8,18H2,1-2H3. The van der Waals surface area contributed by atoms with Gasteiger partial charge in [-0.25, -0.2) is 0 Å². The van der Waals surface area contributed by atoms with E-state index in [-0.39, 0.29) is 6.04 Å². The lowest BCUT2D eigenvalue weighted by Crippen LogP contribution is -2.10. The Kier molecular flexibility index (Phi) is 3.46. The molecule has 19 heavy (non-hydrogen) atoms. The second-order valence-corrected chi connectivity index (χ2v) is 6.96. The molecule has 2 N–H and O–H groups in total. The minimum absolute atomic E-state index is 0.258. The zero-order valence-electron chi connectivity index (χ0n) is 11.6. The summed E-state index contributed by atoms with van der Waals surface area (Å²) in [7, 11) is 0. The first kappa shape index (κ1) is 12.9. The van der Waals surface area contributed by atoms with Crippen LogP contribution in [0.2, 0.25) is 0 Å². The summed E-state index contributed by atoms with van der Waals surface area (Å²) in [5.74, 6) is 1.33. The van der Waals surface area contributed by atoms with Crippen molar-refractivity contribution in [2.75, 3.05) is 0 Å². The Morgan fingerprint density at radius 1 is 1.05 bits per heavy atom. The number of rotatable bonds is 4. The fourth-order valence-corrected chi connectivity index (χ4v) is 3.52. The molecule has 1 atom stereocenters. The molecule has 1 aromatic heterocycles. The summed E-state index contributed by atoms with van der Waals surface area (Å²) in [4.78, 5) is 2.67. The van der Waals surface area contributed by atoms with Crippen LogP contribution in [-0.2, 0) is 0 Å². The van der Waals surface area contributed by atoms with E-state index in [1.54, 1.807) is 0 Å². The van der Waals surface area contributed by atoms with Crippen LogP contribution in [-0.4, -0.2) is 0 Å². The van der Waals surface area contributed by atoms with Crippen molar-refractivity contribution < 1.29 is 0 Å². The van der Waals surface area contributed by atoms with E-state index in [2.05, 4.69) is 50.2 Å². The SMILES string of the molecule is CC(C)c1ccc(-c2ccc(C(N)C3CC3)s2)cc1. The highest BCUT2D eigenvalue weighted by Gasteiger charge is 2.30. The van der Waals surface area contributed by atoms with Crippen molar-refractivity contribution in [1.82, 2.24) is 0 Å². The first-order valence-corrected chi connectivity index (χ1v) is 7.92. The molecule has 1 aliphatic carbocycles. The van der Waals surface area contributed by atoms with Gasteiger partial charge in [0.1, 0.15) is 0 Å². The lowest BCUT2D eigenvalue weighted by atomic mass is 10.0. The largest absolute Gasteiger partial charge is 0.323 e. The molecule has 2 heteroatoms. The fourth-order valence-electron chi connectivity index (χ4n) is 2.41. The average Bonchev–Trinajstić information content (AvgIpc) is 3.15. The predicted molar refractivity (Wildman–Crippen MR) is 83.5 cm³/mol. The second kappa shape index (κ2) is 5.10. The van der Waals surface area contributed by atoms with E-state index in [1.807, 2.05) is 11.3 Å². The molecule has 0 amide bonds. The highest BCUT2D eigenvalue weighted by atomic mass is 32.1. The van der Waals surface area contributed by atoms with Crippen LogP contribution in [0.15, 0.2) is 36.4 Å². The topological polar surface area (TPSA) is 26.0 Å². The Bertz CT molecular complexity index is 549. The predicted octanol–water partition coefficient (Wildman–Crippen LogP) is 4.95. The Morgan fingerprint density at radius 2 is 1.74 bits per heavy atom. The van der Waals surface area contributed by atoms with Gasteiger partial charge in [-0.3, -0.25) is 0 Å². The number of hydrogen-bond donors (Lipinski definition) is 1. The van der Waals surface area contributed by atoms with Crippen LogP contribution in [0.1, 0.15) is 49.1 Å². The van der Waals surface area contributed by atoms with Gasteiger partial charge < -0.3 is 5.73 Å². The van der Waals surface area contributed by atoms with Gasteiger partial charge in [0.05, 0.1) is 0 Å². The van der Waals surface area contributed by atoms with Crippen LogP contribution in [0, 0.1) is 5.92 Å². The summed E-state index contributed by atoms with van der Waals surface area (Å²) in [6.45, 7) is 4.46. The van der Waals surface area contributed by atoms with E-state index in [0.29, 0.717) is 5.92 Å². The maximum atomic E-state index is 6.27. The molecule has 1 heterocycles. The summed E-state index contributed by atoms with van der Waals surface area (Å²) in [6.07, 6.45) is 2.61. The van der Waals surface area contributed by atoms with Gasteiger partial charge in [0.2, 0.25) is 0 Å². The van der Waals surface area contributed by atoms with Crippen LogP contribution < -0.4 is 5.73 Å². The minimum Gasteiger partial charge on any atom is -0.323 e. The van der Waals surface area contributed by atoms with E-state index in [0.717, 1.165) is 5.92 Å². The van der Waals surface area contributed by atoms with Crippen molar-refractivity contribution in [3.8, 4) is 10.4 Å². The highest BCUT2D eigenvalue weighted by molar-refractivity contribution is 7.15. The molecule has 3 rings (SSSR count). The van der Waals surface area contributed by atoms with Gasteiger partial charge in [0.25, 0.3) is 0 Å². The number of thiophene rings is 1. The number of benzene rings is 1. The molecule has 1 fully saturated rings. The smallest absolute Gasteiger partial charge is 0.0418 e. The normalized spacial score (nSPS) is 16.8. The van der Waals surface area contributed by atoms with Gasteiger partial charge >= 0.3 is 0 Å². The lowest BCUT2D eigenvalue weighted by Gasteiger charge is -2.07. The van der Waals surface area contributed by atoms with Crippen molar-refractivity contribution in [2.45, 2.75) is 38.6 Å². The number of nitrogens with two attached hydrogens (primary N) is 1. The highest BCUT2D eigenvalue weighted by Crippen LogP contribution is 2.42. The molecule has 1 nitrogen and oxygen atoms in total. The fraction of sp³-hybridized carbons (Fsp3) is 0.412. The van der Waals surface area contributed by atoms with Crippen molar-refractivity contribution in [2.24, 2.45) is 11.7 Å². The van der Waals surface area contributed by atoms with E-state index in [9.17, 15) is 0 Å². The van der Waals surface area contributed by atoms with Crippen LogP contribution in [0.3, 0.4) is 0 Å². The van der Waals surface area contributed by atoms with Gasteiger partial charge in [-0.15, -0.1) is 11.3 Å². The molecule has 100 valence electrons. The maximum Gasteiger partial charge on any atom is 0.0418 e. The second-order valence-electron chi connectivity index (χ2n) is 5.84. The molecule has 1 aromatic carbocycles. The van der Waals surface area contributed by atoms with Gasteiger partial charge in [-0.05, 0) is 47.9 Å². The van der Waals surface area contributed by atoms with E-state index in [1.165, 1.54) is 33.7 Å². The average molecular weight is 271 g/mol. The Hall–Kier alpha value is -1.12. The van der Waals surface area contributed by atoms with Crippen LogP contribution >= 0.6 is 11.3 Å². The molecule has 1 aliphatic rings. The van der Waals surface area contributed by atoms with Crippen LogP contribution in [0.5, 0.6) is 0 Å². The molecule has 0 saturated heterocycles. The van der Waals surface area contributed by atoms with Crippen molar-refractivity contribution in [3.05, 3.63) is 46.8 Å². The van der Waals surface area contributed by atoms with Crippen LogP contribution in [0.4, 0.5) is 0 Å². The lowest BCUT2D eigenvalue weighted by molar-refractivity contribution is 0.645. The van der Waals surface area contributed by atoms with E-state index in [4.69, 9.17) is 5.73 Å². The zero-order valence-corrected chi connectivity index (χ0v) is 12.4. The Labute approximate surface area is 119 Å². The monoisotopic (exact) mass is 271 g/mol. The third kappa shape index (κ3) is 2.75. The Morgan fingerprint density at radius 3 is 2.32 bits per heavy atom. The molecule has 1 unspecified atom stereocenters. The molecule has 1 saturated carbocycles. The minimum atomic E-state index is 0.258. The molecule has 0 aliphatic heterocycles. The summed E-state index contributed by atoms with van der Waals surface area (Å²) in [5, 5.41) is 0. The molecule has 0 radical (unpaired) electrons. The third-order valence-corrected chi connectivity index (χ3v) is 5.18. The number of hydrogen-bond acceptors (Lipinski definition) is 2. The summed E-state index contributed by atoms with van der Waals surface area (Å²) < 4.78 is 0. The van der Waals surface area contributed by atoms with Crippen molar-refractivity contribution in [1.29, 1.82) is 0 Å². The van der Waals surface area contributed by atoms with Gasteiger partial charge in [-0.2, -0.15) is 0 Å². The van der Waals surface area contributed by atoms with E-state index < -0.39 is 0 Å². The third-order valence-electron chi connectivity index (χ3n) is 3.95. The van der Waals surface area contributed by atoms with Gasteiger partial charge in [0, 0.05) is 15.8 Å². The molecule has 0 bridgehead atoms. The Balaban J connectivity index is 1.81. The first-order valence-electron chi connectivity index (χ1n) is 7.11. The van der Waals surface area contributed by atoms with Crippen molar-refractivity contribution >= 4 is 11.3 Å². The molecular weight excluding hydrogens is 250 g/mol. The van der Waals surface area contributed by atoms with E-state index >= 15 is 0 Å². The maximum absolute atomic E-state index is 6.27. The summed E-state index contributed by atoms with van der Waals surface area (Å²) in [5.41, 5.74) is 8.97. The summed E-state index contributed by atoms with van der Waals surface area (Å²) in [6, 6.07) is 13.6. The quantitative estimate of drug-likeness (QED) is 0.836. The zero-order chi connectivity index (χ0) is 13.4. The molecule has 0 spiro atoms. The molecule has 2 aromatic rings.